The number of hydrogen-bond acceptors (Lipinski definition) is 5. The molecular weight excluding hydrogens is 425 g/mol. The van der Waals surface area contributed by atoms with Crippen molar-refractivity contribution in [2.45, 2.75) is 6.42 Å². The molecule has 0 radical (unpaired) electrons. The predicted molar refractivity (Wildman–Crippen MR) is 123 cm³/mol. The molecule has 1 N–H and O–H groups in total. The summed E-state index contributed by atoms with van der Waals surface area (Å²) in [5.74, 6) is 1.45. The third kappa shape index (κ3) is 7.27. The number of nitrogens with zero attached hydrogens (tertiary/aromatic N) is 2. The molecule has 0 atom stereocenters. The highest BCUT2D eigenvalue weighted by atomic mass is 35.5. The number of rotatable bonds is 9. The predicted octanol–water partition coefficient (Wildman–Crippen LogP) is 3.48. The first-order valence-corrected chi connectivity index (χ1v) is 10.3. The number of halogens is 2. The summed E-state index contributed by atoms with van der Waals surface area (Å²) >= 11 is 5.83. The summed E-state index contributed by atoms with van der Waals surface area (Å²) in [5, 5.41) is 3.55. The molecule has 1 aliphatic heterocycles. The van der Waals surface area contributed by atoms with Crippen LogP contribution in [0.5, 0.6) is 11.5 Å². The smallest absolute Gasteiger partial charge is 0.257 e. The molecule has 0 saturated carbocycles. The van der Waals surface area contributed by atoms with Gasteiger partial charge in [-0.3, -0.25) is 9.69 Å². The number of carbonyl (C=O) groups excluding carboxylic acids is 1. The van der Waals surface area contributed by atoms with Crippen LogP contribution >= 0.6 is 24.0 Å². The Kier molecular flexibility index (Phi) is 10.1. The number of piperazine rings is 1. The first kappa shape index (κ1) is 24.1. The standard InChI is InChI=1S/C22H28ClN3O3.ClH/c1-28-21-6-3-2-5-20(21)26-15-13-25(14-16-26)12-4-11-24-22(27)17-29-19-9-7-18(23)8-10-19;/h2-3,5-10H,4,11-17H2,1H3,(H,24,27);1H. The summed E-state index contributed by atoms with van der Waals surface area (Å²) in [4.78, 5) is 16.7. The first-order valence-electron chi connectivity index (χ1n) is 9.91. The average molecular weight is 454 g/mol. The number of hydrogen-bond donors (Lipinski definition) is 1. The van der Waals surface area contributed by atoms with E-state index in [0.29, 0.717) is 17.3 Å². The zero-order valence-corrected chi connectivity index (χ0v) is 18.8. The van der Waals surface area contributed by atoms with Gasteiger partial charge in [0.15, 0.2) is 6.61 Å². The Hall–Kier alpha value is -2.15. The molecule has 6 nitrogen and oxygen atoms in total. The van der Waals surface area contributed by atoms with Crippen molar-refractivity contribution in [2.24, 2.45) is 0 Å². The van der Waals surface area contributed by atoms with Crippen LogP contribution < -0.4 is 19.7 Å². The van der Waals surface area contributed by atoms with Crippen molar-refractivity contribution in [3.63, 3.8) is 0 Å². The van der Waals surface area contributed by atoms with Gasteiger partial charge in [0.2, 0.25) is 0 Å². The molecule has 8 heteroatoms. The van der Waals surface area contributed by atoms with Gasteiger partial charge in [-0.2, -0.15) is 0 Å². The molecule has 0 bridgehead atoms. The first-order chi connectivity index (χ1) is 14.2. The maximum Gasteiger partial charge on any atom is 0.257 e. The van der Waals surface area contributed by atoms with E-state index in [1.54, 1.807) is 31.4 Å². The van der Waals surface area contributed by atoms with Gasteiger partial charge in [0.05, 0.1) is 12.8 Å². The van der Waals surface area contributed by atoms with Crippen LogP contribution in [-0.4, -0.2) is 63.8 Å². The third-order valence-corrected chi connectivity index (χ3v) is 5.21. The van der Waals surface area contributed by atoms with Crippen molar-refractivity contribution < 1.29 is 14.3 Å². The maximum atomic E-state index is 11.9. The van der Waals surface area contributed by atoms with Gasteiger partial charge in [-0.05, 0) is 49.4 Å². The number of carbonyl (C=O) groups is 1. The van der Waals surface area contributed by atoms with Crippen LogP contribution in [0.1, 0.15) is 6.42 Å². The molecule has 2 aromatic carbocycles. The van der Waals surface area contributed by atoms with E-state index in [1.807, 2.05) is 18.2 Å². The average Bonchev–Trinajstić information content (AvgIpc) is 2.77. The maximum absolute atomic E-state index is 11.9. The number of anilines is 1. The van der Waals surface area contributed by atoms with Crippen molar-refractivity contribution in [1.82, 2.24) is 10.2 Å². The lowest BCUT2D eigenvalue weighted by Crippen LogP contribution is -2.47. The van der Waals surface area contributed by atoms with Crippen LogP contribution in [0, 0.1) is 0 Å². The number of ether oxygens (including phenoxy) is 2. The fraction of sp³-hybridized carbons (Fsp3) is 0.409. The Labute approximate surface area is 189 Å². The summed E-state index contributed by atoms with van der Waals surface area (Å²) < 4.78 is 10.9. The molecule has 2 aromatic rings. The fourth-order valence-electron chi connectivity index (χ4n) is 3.36. The lowest BCUT2D eigenvalue weighted by molar-refractivity contribution is -0.123. The summed E-state index contributed by atoms with van der Waals surface area (Å²) in [5.41, 5.74) is 1.16. The minimum Gasteiger partial charge on any atom is -0.495 e. The lowest BCUT2D eigenvalue weighted by atomic mass is 10.2. The van der Waals surface area contributed by atoms with Crippen molar-refractivity contribution in [3.05, 3.63) is 53.6 Å². The number of methoxy groups -OCH3 is 1. The van der Waals surface area contributed by atoms with E-state index in [9.17, 15) is 4.79 Å². The Morgan fingerprint density at radius 1 is 1.07 bits per heavy atom. The van der Waals surface area contributed by atoms with Gasteiger partial charge in [-0.15, -0.1) is 12.4 Å². The van der Waals surface area contributed by atoms with Crippen LogP contribution in [0.4, 0.5) is 5.69 Å². The number of benzene rings is 2. The molecular formula is C22H29Cl2N3O3. The zero-order valence-electron chi connectivity index (χ0n) is 17.2. The summed E-state index contributed by atoms with van der Waals surface area (Å²) in [6.45, 7) is 5.59. The van der Waals surface area contributed by atoms with Gasteiger partial charge in [-0.25, -0.2) is 0 Å². The Morgan fingerprint density at radius 3 is 2.47 bits per heavy atom. The van der Waals surface area contributed by atoms with E-state index in [4.69, 9.17) is 21.1 Å². The van der Waals surface area contributed by atoms with Crippen molar-refractivity contribution in [3.8, 4) is 11.5 Å². The molecule has 0 aliphatic carbocycles. The second-order valence-electron chi connectivity index (χ2n) is 6.95. The highest BCUT2D eigenvalue weighted by Crippen LogP contribution is 2.28. The second-order valence-corrected chi connectivity index (χ2v) is 7.38. The summed E-state index contributed by atoms with van der Waals surface area (Å²) in [7, 11) is 1.71. The molecule has 3 rings (SSSR count). The zero-order chi connectivity index (χ0) is 20.5. The molecule has 30 heavy (non-hydrogen) atoms. The fourth-order valence-corrected chi connectivity index (χ4v) is 3.49. The molecule has 1 saturated heterocycles. The van der Waals surface area contributed by atoms with Gasteiger partial charge < -0.3 is 19.7 Å². The molecule has 1 fully saturated rings. The van der Waals surface area contributed by atoms with Crippen LogP contribution in [-0.2, 0) is 4.79 Å². The Morgan fingerprint density at radius 2 is 1.77 bits per heavy atom. The van der Waals surface area contributed by atoms with Gasteiger partial charge in [0, 0.05) is 37.7 Å². The lowest BCUT2D eigenvalue weighted by Gasteiger charge is -2.36. The Bertz CT molecular complexity index is 781. The van der Waals surface area contributed by atoms with Crippen molar-refractivity contribution >= 4 is 35.6 Å². The normalized spacial score (nSPS) is 14.0. The molecule has 164 valence electrons. The van der Waals surface area contributed by atoms with Crippen LogP contribution in [0.25, 0.3) is 0 Å². The van der Waals surface area contributed by atoms with Gasteiger partial charge in [0.25, 0.3) is 5.91 Å². The SMILES string of the molecule is COc1ccccc1N1CCN(CCCNC(=O)COc2ccc(Cl)cc2)CC1.Cl. The quantitative estimate of drug-likeness (QED) is 0.589. The molecule has 0 spiro atoms. The van der Waals surface area contributed by atoms with Crippen molar-refractivity contribution in [1.29, 1.82) is 0 Å². The van der Waals surface area contributed by atoms with E-state index >= 15 is 0 Å². The summed E-state index contributed by atoms with van der Waals surface area (Å²) in [6, 6.07) is 15.1. The number of para-hydroxylation sites is 2. The van der Waals surface area contributed by atoms with E-state index < -0.39 is 0 Å². The number of amides is 1. The summed E-state index contributed by atoms with van der Waals surface area (Å²) in [6.07, 6.45) is 0.918. The van der Waals surface area contributed by atoms with Gasteiger partial charge in [0.1, 0.15) is 11.5 Å². The highest BCUT2D eigenvalue weighted by Gasteiger charge is 2.19. The van der Waals surface area contributed by atoms with E-state index in [-0.39, 0.29) is 24.9 Å². The number of nitrogens with one attached hydrogen (secondary N) is 1. The second kappa shape index (κ2) is 12.5. The highest BCUT2D eigenvalue weighted by molar-refractivity contribution is 6.30. The van der Waals surface area contributed by atoms with Gasteiger partial charge in [-0.1, -0.05) is 23.7 Å². The largest absolute Gasteiger partial charge is 0.495 e. The van der Waals surface area contributed by atoms with E-state index in [0.717, 1.165) is 50.6 Å². The van der Waals surface area contributed by atoms with Gasteiger partial charge >= 0.3 is 0 Å². The van der Waals surface area contributed by atoms with Crippen LogP contribution in [0.2, 0.25) is 5.02 Å². The van der Waals surface area contributed by atoms with Crippen LogP contribution in [0.3, 0.4) is 0 Å². The van der Waals surface area contributed by atoms with E-state index in [2.05, 4.69) is 21.2 Å². The van der Waals surface area contributed by atoms with Crippen LogP contribution in [0.15, 0.2) is 48.5 Å². The van der Waals surface area contributed by atoms with Crippen molar-refractivity contribution in [2.75, 3.05) is 57.9 Å². The minimum absolute atomic E-state index is 0. The van der Waals surface area contributed by atoms with E-state index in [1.165, 1.54) is 0 Å². The molecule has 1 heterocycles. The third-order valence-electron chi connectivity index (χ3n) is 4.96. The molecule has 1 aliphatic rings. The topological polar surface area (TPSA) is 54.0 Å². The monoisotopic (exact) mass is 453 g/mol. The molecule has 1 amide bonds. The molecule has 0 unspecified atom stereocenters. The minimum atomic E-state index is -0.110. The Balaban J connectivity index is 0.00000320. The molecule has 0 aromatic heterocycles.